The molecule has 0 radical (unpaired) electrons. The second-order valence-electron chi connectivity index (χ2n) is 4.49. The molecule has 0 amide bonds. The molecule has 0 bridgehead atoms. The first-order valence-electron chi connectivity index (χ1n) is 6.57. The summed E-state index contributed by atoms with van der Waals surface area (Å²) in [6.07, 6.45) is 7.43. The van der Waals surface area contributed by atoms with Gasteiger partial charge in [-0.3, -0.25) is 4.79 Å². The molecule has 3 heteroatoms. The van der Waals surface area contributed by atoms with Crippen molar-refractivity contribution in [2.24, 2.45) is 5.73 Å². The zero-order valence-corrected chi connectivity index (χ0v) is 11.0. The largest absolute Gasteiger partial charge is 0.462 e. The van der Waals surface area contributed by atoms with Crippen LogP contribution >= 0.6 is 0 Å². The smallest absolute Gasteiger partial charge is 0.323 e. The molecule has 0 heterocycles. The molecule has 0 aliphatic carbocycles. The standard InChI is InChI=1S/C13H27NO2/c1-4-6-7-8-10-11(3)16-13(15)12(14)9-5-2/h11-12H,4-10,14H2,1-3H3/t11-,12-/m1/s1. The number of hydrogen-bond acceptors (Lipinski definition) is 3. The topological polar surface area (TPSA) is 52.3 Å². The highest BCUT2D eigenvalue weighted by molar-refractivity contribution is 5.75. The Balaban J connectivity index is 3.61. The monoisotopic (exact) mass is 229 g/mol. The Morgan fingerprint density at radius 2 is 1.81 bits per heavy atom. The first kappa shape index (κ1) is 15.4. The van der Waals surface area contributed by atoms with Gasteiger partial charge in [0.05, 0.1) is 6.10 Å². The summed E-state index contributed by atoms with van der Waals surface area (Å²) in [5.74, 6) is -0.246. The molecule has 3 nitrogen and oxygen atoms in total. The van der Waals surface area contributed by atoms with Crippen molar-refractivity contribution in [1.29, 1.82) is 0 Å². The van der Waals surface area contributed by atoms with Gasteiger partial charge < -0.3 is 10.5 Å². The van der Waals surface area contributed by atoms with Gasteiger partial charge in [0.25, 0.3) is 0 Å². The van der Waals surface area contributed by atoms with Crippen molar-refractivity contribution in [2.45, 2.75) is 77.9 Å². The van der Waals surface area contributed by atoms with Gasteiger partial charge >= 0.3 is 5.97 Å². The van der Waals surface area contributed by atoms with Crippen LogP contribution in [0, 0.1) is 0 Å². The van der Waals surface area contributed by atoms with Gasteiger partial charge in [-0.1, -0.05) is 39.5 Å². The van der Waals surface area contributed by atoms with Crippen molar-refractivity contribution in [3.05, 3.63) is 0 Å². The number of ether oxygens (including phenoxy) is 1. The van der Waals surface area contributed by atoms with E-state index in [-0.39, 0.29) is 12.1 Å². The summed E-state index contributed by atoms with van der Waals surface area (Å²) in [7, 11) is 0. The highest BCUT2D eigenvalue weighted by atomic mass is 16.5. The quantitative estimate of drug-likeness (QED) is 0.488. The summed E-state index contributed by atoms with van der Waals surface area (Å²) in [6, 6.07) is -0.442. The van der Waals surface area contributed by atoms with Gasteiger partial charge in [-0.05, 0) is 26.2 Å². The predicted octanol–water partition coefficient (Wildman–Crippen LogP) is 3.02. The Kier molecular flexibility index (Phi) is 9.30. The third kappa shape index (κ3) is 7.69. The second-order valence-corrected chi connectivity index (χ2v) is 4.49. The number of hydrogen-bond donors (Lipinski definition) is 1. The van der Waals surface area contributed by atoms with Crippen LogP contribution in [-0.2, 0) is 9.53 Å². The molecule has 0 spiro atoms. The van der Waals surface area contributed by atoms with Crippen molar-refractivity contribution < 1.29 is 9.53 Å². The molecule has 0 saturated heterocycles. The zero-order chi connectivity index (χ0) is 12.4. The highest BCUT2D eigenvalue weighted by Gasteiger charge is 2.16. The minimum Gasteiger partial charge on any atom is -0.462 e. The van der Waals surface area contributed by atoms with E-state index in [4.69, 9.17) is 10.5 Å². The molecule has 0 aromatic rings. The molecule has 0 fully saturated rings. The fourth-order valence-electron chi connectivity index (χ4n) is 1.63. The van der Waals surface area contributed by atoms with Crippen LogP contribution in [0.2, 0.25) is 0 Å². The number of nitrogens with two attached hydrogens (primary N) is 1. The molecule has 0 unspecified atom stereocenters. The van der Waals surface area contributed by atoms with Crippen molar-refractivity contribution in [3.8, 4) is 0 Å². The summed E-state index contributed by atoms with van der Waals surface area (Å²) in [4.78, 5) is 11.5. The lowest BCUT2D eigenvalue weighted by atomic mass is 10.1. The average Bonchev–Trinajstić information content (AvgIpc) is 2.24. The highest BCUT2D eigenvalue weighted by Crippen LogP contribution is 2.09. The second kappa shape index (κ2) is 9.64. The molecule has 0 saturated carbocycles. The summed E-state index contributed by atoms with van der Waals surface area (Å²) in [6.45, 7) is 6.15. The van der Waals surface area contributed by atoms with E-state index < -0.39 is 6.04 Å². The maximum Gasteiger partial charge on any atom is 0.323 e. The molecule has 0 aromatic heterocycles. The van der Waals surface area contributed by atoms with Crippen molar-refractivity contribution >= 4 is 5.97 Å². The lowest BCUT2D eigenvalue weighted by molar-refractivity contribution is -0.150. The van der Waals surface area contributed by atoms with Crippen molar-refractivity contribution in [1.82, 2.24) is 0 Å². The SMILES string of the molecule is CCCCCC[C@@H](C)OC(=O)[C@H](N)CCC. The van der Waals surface area contributed by atoms with Crippen LogP contribution < -0.4 is 5.73 Å². The van der Waals surface area contributed by atoms with E-state index >= 15 is 0 Å². The first-order valence-corrected chi connectivity index (χ1v) is 6.57. The molecule has 0 aliphatic rings. The lowest BCUT2D eigenvalue weighted by Gasteiger charge is -2.16. The molecule has 0 aromatic carbocycles. The molecular formula is C13H27NO2. The zero-order valence-electron chi connectivity index (χ0n) is 11.0. The Labute approximate surface area is 99.7 Å². The van der Waals surface area contributed by atoms with E-state index in [0.717, 1.165) is 19.3 Å². The van der Waals surface area contributed by atoms with Gasteiger partial charge in [0.2, 0.25) is 0 Å². The van der Waals surface area contributed by atoms with Crippen molar-refractivity contribution in [3.63, 3.8) is 0 Å². The first-order chi connectivity index (χ1) is 7.61. The summed E-state index contributed by atoms with van der Waals surface area (Å²) in [5, 5.41) is 0. The van der Waals surface area contributed by atoms with E-state index in [9.17, 15) is 4.79 Å². The molecule has 2 atom stereocenters. The van der Waals surface area contributed by atoms with Gasteiger partial charge in [0.1, 0.15) is 6.04 Å². The predicted molar refractivity (Wildman–Crippen MR) is 67.2 cm³/mol. The van der Waals surface area contributed by atoms with Crippen LogP contribution in [0.5, 0.6) is 0 Å². The maximum absolute atomic E-state index is 11.5. The van der Waals surface area contributed by atoms with Crippen molar-refractivity contribution in [2.75, 3.05) is 0 Å². The number of carbonyl (C=O) groups excluding carboxylic acids is 1. The average molecular weight is 229 g/mol. The van der Waals surface area contributed by atoms with Crippen LogP contribution in [-0.4, -0.2) is 18.1 Å². The molecule has 0 rings (SSSR count). The van der Waals surface area contributed by atoms with E-state index in [0.29, 0.717) is 6.42 Å². The minimum atomic E-state index is -0.442. The van der Waals surface area contributed by atoms with Crippen LogP contribution in [0.1, 0.15) is 65.7 Å². The van der Waals surface area contributed by atoms with Crippen LogP contribution in [0.3, 0.4) is 0 Å². The summed E-state index contributed by atoms with van der Waals surface area (Å²) < 4.78 is 5.28. The third-order valence-electron chi connectivity index (χ3n) is 2.68. The number of carbonyl (C=O) groups is 1. The van der Waals surface area contributed by atoms with Gasteiger partial charge in [-0.25, -0.2) is 0 Å². The number of unbranched alkanes of at least 4 members (excludes halogenated alkanes) is 3. The van der Waals surface area contributed by atoms with Gasteiger partial charge in [0.15, 0.2) is 0 Å². The molecule has 96 valence electrons. The fourth-order valence-corrected chi connectivity index (χ4v) is 1.63. The molecule has 0 aliphatic heterocycles. The van der Waals surface area contributed by atoms with E-state index in [2.05, 4.69) is 6.92 Å². The van der Waals surface area contributed by atoms with E-state index in [1.54, 1.807) is 0 Å². The molecule has 2 N–H and O–H groups in total. The van der Waals surface area contributed by atoms with Crippen LogP contribution in [0.4, 0.5) is 0 Å². The van der Waals surface area contributed by atoms with Crippen LogP contribution in [0.25, 0.3) is 0 Å². The van der Waals surface area contributed by atoms with Crippen LogP contribution in [0.15, 0.2) is 0 Å². The summed E-state index contributed by atoms with van der Waals surface area (Å²) >= 11 is 0. The third-order valence-corrected chi connectivity index (χ3v) is 2.68. The normalized spacial score (nSPS) is 14.5. The van der Waals surface area contributed by atoms with Gasteiger partial charge in [0, 0.05) is 0 Å². The Hall–Kier alpha value is -0.570. The Morgan fingerprint density at radius 3 is 2.38 bits per heavy atom. The number of esters is 1. The minimum absolute atomic E-state index is 0.00672. The number of rotatable bonds is 9. The fraction of sp³-hybridized carbons (Fsp3) is 0.923. The maximum atomic E-state index is 11.5. The van der Waals surface area contributed by atoms with E-state index in [1.165, 1.54) is 19.3 Å². The Morgan fingerprint density at radius 1 is 1.12 bits per heavy atom. The van der Waals surface area contributed by atoms with Gasteiger partial charge in [-0.2, -0.15) is 0 Å². The Bertz CT molecular complexity index is 183. The van der Waals surface area contributed by atoms with E-state index in [1.807, 2.05) is 13.8 Å². The molecule has 16 heavy (non-hydrogen) atoms. The molecular weight excluding hydrogens is 202 g/mol. The van der Waals surface area contributed by atoms with Gasteiger partial charge in [-0.15, -0.1) is 0 Å². The lowest BCUT2D eigenvalue weighted by Crippen LogP contribution is -2.34. The summed E-state index contributed by atoms with van der Waals surface area (Å²) in [5.41, 5.74) is 5.68.